The molecule has 0 saturated heterocycles. The molecule has 0 saturated carbocycles. The minimum absolute atomic E-state index is 0.361. The van der Waals surface area contributed by atoms with Crippen molar-refractivity contribution in [2.45, 2.75) is 18.5 Å². The molecule has 1 aromatic carbocycles. The van der Waals surface area contributed by atoms with E-state index in [1.54, 1.807) is 30.3 Å². The Morgan fingerprint density at radius 1 is 1.21 bits per heavy atom. The smallest absolute Gasteiger partial charge is 0.485 e. The molecule has 8 nitrogen and oxygen atoms in total. The van der Waals surface area contributed by atoms with Crippen LogP contribution in [0.2, 0.25) is 5.02 Å². The van der Waals surface area contributed by atoms with Gasteiger partial charge in [0, 0.05) is 18.1 Å². The van der Waals surface area contributed by atoms with Gasteiger partial charge in [-0.3, -0.25) is 0 Å². The molecule has 1 aliphatic heterocycles. The molecule has 1 aliphatic rings. The number of rotatable bonds is 2. The van der Waals surface area contributed by atoms with Gasteiger partial charge in [-0.15, -0.1) is 3.97 Å². The van der Waals surface area contributed by atoms with Crippen molar-refractivity contribution < 1.29 is 39.1 Å². The highest BCUT2D eigenvalue weighted by Gasteiger charge is 2.37. The van der Waals surface area contributed by atoms with E-state index in [9.17, 15) is 21.6 Å². The van der Waals surface area contributed by atoms with E-state index in [2.05, 4.69) is 0 Å². The molecule has 0 unspecified atom stereocenters. The fourth-order valence-electron chi connectivity index (χ4n) is 2.43. The lowest BCUT2D eigenvalue weighted by Crippen LogP contribution is -2.39. The lowest BCUT2D eigenvalue weighted by atomic mass is 10.0. The minimum Gasteiger partial charge on any atom is -0.741 e. The van der Waals surface area contributed by atoms with Crippen LogP contribution in [-0.2, 0) is 40.3 Å². The van der Waals surface area contributed by atoms with Crippen LogP contribution in [0.25, 0.3) is 0 Å². The summed E-state index contributed by atoms with van der Waals surface area (Å²) in [5.74, 6) is 0. The van der Waals surface area contributed by atoms with E-state index in [0.717, 1.165) is 11.1 Å². The molecule has 0 atom stereocenters. The molecule has 2 aromatic rings. The topological polar surface area (TPSA) is 103 Å². The summed E-state index contributed by atoms with van der Waals surface area (Å²) in [5.41, 5.74) is -3.62. The molecule has 0 bridgehead atoms. The standard InChI is InChI=1S/C13H15ClN3O2S.CHF3O3S/c1-15-7-8-17(10-15)20(18,19)16-6-5-12-11(9-16)3-2-4-13(12)14;2-1(3,4)8(5,6)7/h2-4,7-8,10H,5-6,9H2,1H3;(H,5,6,7)/q+1;/p-1. The summed E-state index contributed by atoms with van der Waals surface area (Å²) in [5, 5.41) is 0.715. The second-order valence-electron chi connectivity index (χ2n) is 5.78. The second kappa shape index (κ2) is 7.99. The van der Waals surface area contributed by atoms with Crippen LogP contribution in [0.4, 0.5) is 13.2 Å². The summed E-state index contributed by atoms with van der Waals surface area (Å²) in [6, 6.07) is 5.63. The van der Waals surface area contributed by atoms with Crippen molar-refractivity contribution in [1.29, 1.82) is 0 Å². The fraction of sp³-hybridized carbons (Fsp3) is 0.357. The highest BCUT2D eigenvalue weighted by atomic mass is 35.5. The van der Waals surface area contributed by atoms with Crippen molar-refractivity contribution in [2.75, 3.05) is 6.54 Å². The summed E-state index contributed by atoms with van der Waals surface area (Å²) < 4.78 is 88.4. The summed E-state index contributed by atoms with van der Waals surface area (Å²) in [4.78, 5) is 0. The van der Waals surface area contributed by atoms with Gasteiger partial charge in [0.15, 0.2) is 10.1 Å². The maximum Gasteiger partial charge on any atom is 0.485 e. The van der Waals surface area contributed by atoms with Crippen LogP contribution in [-0.4, -0.2) is 41.7 Å². The van der Waals surface area contributed by atoms with Gasteiger partial charge >= 0.3 is 15.7 Å². The van der Waals surface area contributed by atoms with Crippen molar-refractivity contribution in [3.63, 3.8) is 0 Å². The average molecular weight is 462 g/mol. The van der Waals surface area contributed by atoms with E-state index in [1.807, 2.05) is 18.2 Å². The Bertz CT molecular complexity index is 1070. The predicted octanol–water partition coefficient (Wildman–Crippen LogP) is 1.17. The molecule has 3 rings (SSSR count). The van der Waals surface area contributed by atoms with Gasteiger partial charge in [-0.25, -0.2) is 13.0 Å². The first-order valence-corrected chi connectivity index (χ1v) is 10.7. The zero-order valence-corrected chi connectivity index (χ0v) is 16.7. The molecule has 0 amide bonds. The summed E-state index contributed by atoms with van der Waals surface area (Å²) >= 11 is 6.15. The normalized spacial score (nSPS) is 15.5. The average Bonchev–Trinajstić information content (AvgIpc) is 3.01. The van der Waals surface area contributed by atoms with E-state index >= 15 is 0 Å². The zero-order chi connectivity index (χ0) is 21.3. The number of aromatic nitrogens is 2. The van der Waals surface area contributed by atoms with Crippen molar-refractivity contribution in [3.8, 4) is 0 Å². The van der Waals surface area contributed by atoms with E-state index in [0.29, 0.717) is 24.5 Å². The molecule has 0 spiro atoms. The van der Waals surface area contributed by atoms with Crippen molar-refractivity contribution in [2.24, 2.45) is 7.05 Å². The predicted molar refractivity (Wildman–Crippen MR) is 91.2 cm³/mol. The maximum atomic E-state index is 12.5. The van der Waals surface area contributed by atoms with E-state index in [-0.39, 0.29) is 0 Å². The molecular formula is C14H15ClF3N3O5S2. The monoisotopic (exact) mass is 461 g/mol. The Morgan fingerprint density at radius 2 is 1.82 bits per heavy atom. The first kappa shape index (κ1) is 22.6. The number of hydrogen-bond donors (Lipinski definition) is 0. The Labute approximate surface area is 164 Å². The van der Waals surface area contributed by atoms with Crippen LogP contribution in [0, 0.1) is 0 Å². The molecule has 0 aliphatic carbocycles. The van der Waals surface area contributed by atoms with Gasteiger partial charge in [-0.2, -0.15) is 25.9 Å². The maximum absolute atomic E-state index is 12.5. The minimum atomic E-state index is -6.09. The molecule has 28 heavy (non-hydrogen) atoms. The molecule has 0 N–H and O–H groups in total. The van der Waals surface area contributed by atoms with Gasteiger partial charge in [-0.1, -0.05) is 23.7 Å². The molecule has 0 radical (unpaired) electrons. The lowest BCUT2D eigenvalue weighted by Gasteiger charge is -2.26. The first-order chi connectivity index (χ1) is 12.7. The van der Waals surface area contributed by atoms with Crippen molar-refractivity contribution >= 4 is 31.9 Å². The van der Waals surface area contributed by atoms with Crippen molar-refractivity contribution in [3.05, 3.63) is 53.1 Å². The zero-order valence-electron chi connectivity index (χ0n) is 14.3. The van der Waals surface area contributed by atoms with Crippen LogP contribution in [0.5, 0.6) is 0 Å². The third kappa shape index (κ3) is 5.03. The van der Waals surface area contributed by atoms with Crippen LogP contribution in [0.1, 0.15) is 11.1 Å². The van der Waals surface area contributed by atoms with Crippen LogP contribution < -0.4 is 4.57 Å². The Hall–Kier alpha value is -1.67. The van der Waals surface area contributed by atoms with Gasteiger partial charge in [-0.05, 0) is 23.6 Å². The molecule has 1 aromatic heterocycles. The number of alkyl halides is 3. The summed E-state index contributed by atoms with van der Waals surface area (Å²) in [6.45, 7) is 0.807. The Balaban J connectivity index is 0.000000300. The number of halogens is 4. The number of aryl methyl sites for hydroxylation is 1. The van der Waals surface area contributed by atoms with E-state index in [4.69, 9.17) is 24.6 Å². The number of nitrogens with zero attached hydrogens (tertiary/aromatic N) is 3. The summed E-state index contributed by atoms with van der Waals surface area (Å²) in [7, 11) is -7.81. The van der Waals surface area contributed by atoms with E-state index < -0.39 is 25.8 Å². The SMILES string of the molecule is C[n+]1ccn(S(=O)(=O)N2CCc3c(Cl)cccc3C2)c1.O=S(=O)([O-])C(F)(F)F. The third-order valence-electron chi connectivity index (χ3n) is 3.79. The fourth-order valence-corrected chi connectivity index (χ4v) is 4.09. The van der Waals surface area contributed by atoms with Crippen molar-refractivity contribution in [1.82, 2.24) is 8.28 Å². The van der Waals surface area contributed by atoms with E-state index in [1.165, 1.54) is 8.28 Å². The van der Waals surface area contributed by atoms with Gasteiger partial charge < -0.3 is 4.55 Å². The number of imidazole rings is 1. The highest BCUT2D eigenvalue weighted by molar-refractivity contribution is 7.87. The van der Waals surface area contributed by atoms with Gasteiger partial charge in [0.1, 0.15) is 12.4 Å². The van der Waals surface area contributed by atoms with Crippen LogP contribution >= 0.6 is 11.6 Å². The summed E-state index contributed by atoms with van der Waals surface area (Å²) in [6.07, 6.45) is 5.43. The Morgan fingerprint density at radius 3 is 2.32 bits per heavy atom. The van der Waals surface area contributed by atoms with Gasteiger partial charge in [0.25, 0.3) is 6.33 Å². The van der Waals surface area contributed by atoms with Gasteiger partial charge in [0.2, 0.25) is 0 Å². The van der Waals surface area contributed by atoms with Crippen LogP contribution in [0.15, 0.2) is 36.9 Å². The first-order valence-electron chi connectivity index (χ1n) is 7.56. The molecule has 14 heteroatoms. The quantitative estimate of drug-likeness (QED) is 0.379. The lowest BCUT2D eigenvalue weighted by molar-refractivity contribution is -0.670. The third-order valence-corrected chi connectivity index (χ3v) is 6.43. The molecular weight excluding hydrogens is 447 g/mol. The molecule has 0 fully saturated rings. The largest absolute Gasteiger partial charge is 0.741 e. The van der Waals surface area contributed by atoms with Crippen LogP contribution in [0.3, 0.4) is 0 Å². The number of hydrogen-bond acceptors (Lipinski definition) is 5. The molecule has 156 valence electrons. The Kier molecular flexibility index (Phi) is 6.45. The van der Waals surface area contributed by atoms with Gasteiger partial charge in [0.05, 0.1) is 7.05 Å². The molecule has 2 heterocycles. The number of benzene rings is 1. The highest BCUT2D eigenvalue weighted by Crippen LogP contribution is 2.27. The number of fused-ring (bicyclic) bond motifs is 1. The second-order valence-corrected chi connectivity index (χ2v) is 9.39.